The van der Waals surface area contributed by atoms with Gasteiger partial charge in [-0.1, -0.05) is 6.07 Å². The van der Waals surface area contributed by atoms with E-state index in [2.05, 4.69) is 0 Å². The average Bonchev–Trinajstić information content (AvgIpc) is 3.09. The number of sulfonamides is 1. The summed E-state index contributed by atoms with van der Waals surface area (Å²) in [5.74, 6) is -1.17. The first-order valence-electron chi connectivity index (χ1n) is 8.07. The van der Waals surface area contributed by atoms with Crippen LogP contribution in [0, 0.1) is 5.82 Å². The molecule has 0 spiro atoms. The van der Waals surface area contributed by atoms with Crippen molar-refractivity contribution in [1.29, 1.82) is 0 Å². The summed E-state index contributed by atoms with van der Waals surface area (Å²) >= 11 is 0. The molecule has 0 unspecified atom stereocenters. The van der Waals surface area contributed by atoms with Gasteiger partial charge < -0.3 is 4.90 Å². The summed E-state index contributed by atoms with van der Waals surface area (Å²) in [5, 5.41) is 0. The zero-order valence-corrected chi connectivity index (χ0v) is 14.1. The third kappa shape index (κ3) is 3.17. The van der Waals surface area contributed by atoms with Crippen molar-refractivity contribution in [2.24, 2.45) is 0 Å². The third-order valence-corrected chi connectivity index (χ3v) is 6.62. The number of benzene rings is 1. The van der Waals surface area contributed by atoms with E-state index in [1.807, 2.05) is 0 Å². The lowest BCUT2D eigenvalue weighted by atomic mass is 9.93. The predicted molar refractivity (Wildman–Crippen MR) is 84.0 cm³/mol. The van der Waals surface area contributed by atoms with Gasteiger partial charge in [0.15, 0.2) is 5.67 Å². The summed E-state index contributed by atoms with van der Waals surface area (Å²) in [7, 11) is -3.88. The largest absolute Gasteiger partial charge is 0.340 e. The van der Waals surface area contributed by atoms with Crippen LogP contribution in [-0.2, 0) is 14.8 Å². The standard InChI is InChI=1S/C16H20F2N2O3S/c17-13-4-3-5-14(12-13)24(22,23)20-10-6-16(18,7-11-20)15(21)19-8-1-2-9-19/h3-5,12H,1-2,6-11H2. The fourth-order valence-electron chi connectivity index (χ4n) is 3.27. The molecule has 5 nitrogen and oxygen atoms in total. The molecule has 132 valence electrons. The molecule has 2 heterocycles. The molecule has 0 N–H and O–H groups in total. The van der Waals surface area contributed by atoms with Gasteiger partial charge in [0.25, 0.3) is 5.91 Å². The molecule has 0 aromatic heterocycles. The van der Waals surface area contributed by atoms with Crippen molar-refractivity contribution in [3.8, 4) is 0 Å². The summed E-state index contributed by atoms with van der Waals surface area (Å²) in [6.07, 6.45) is 1.41. The van der Waals surface area contributed by atoms with E-state index < -0.39 is 27.4 Å². The Labute approximate surface area is 140 Å². The highest BCUT2D eigenvalue weighted by Gasteiger charge is 2.46. The zero-order chi connectivity index (χ0) is 17.4. The maximum Gasteiger partial charge on any atom is 0.260 e. The second-order valence-corrected chi connectivity index (χ2v) is 8.26. The fraction of sp³-hybridized carbons (Fsp3) is 0.562. The molecule has 2 saturated heterocycles. The van der Waals surface area contributed by atoms with Gasteiger partial charge in [0.05, 0.1) is 4.90 Å². The number of hydrogen-bond acceptors (Lipinski definition) is 3. The van der Waals surface area contributed by atoms with Gasteiger partial charge in [-0.15, -0.1) is 0 Å². The SMILES string of the molecule is O=C(N1CCCC1)C1(F)CCN(S(=O)(=O)c2cccc(F)c2)CC1. The van der Waals surface area contributed by atoms with Crippen LogP contribution in [0.5, 0.6) is 0 Å². The van der Waals surface area contributed by atoms with Gasteiger partial charge >= 0.3 is 0 Å². The van der Waals surface area contributed by atoms with E-state index >= 15 is 0 Å². The maximum atomic E-state index is 15.0. The number of hydrogen-bond donors (Lipinski definition) is 0. The van der Waals surface area contributed by atoms with Crippen molar-refractivity contribution < 1.29 is 22.0 Å². The van der Waals surface area contributed by atoms with Gasteiger partial charge in [0, 0.05) is 39.0 Å². The number of piperidine rings is 1. The Morgan fingerprint density at radius 1 is 1.08 bits per heavy atom. The van der Waals surface area contributed by atoms with Crippen LogP contribution in [0.4, 0.5) is 8.78 Å². The Bertz CT molecular complexity index is 725. The lowest BCUT2D eigenvalue weighted by Crippen LogP contribution is -2.52. The number of carbonyl (C=O) groups is 1. The number of likely N-dealkylation sites (tertiary alicyclic amines) is 1. The molecule has 2 aliphatic rings. The molecular formula is C16H20F2N2O3S. The molecule has 2 fully saturated rings. The first kappa shape index (κ1) is 17.3. The highest BCUT2D eigenvalue weighted by molar-refractivity contribution is 7.89. The molecule has 1 aromatic carbocycles. The molecule has 0 atom stereocenters. The molecule has 3 rings (SSSR count). The first-order chi connectivity index (χ1) is 11.3. The minimum absolute atomic E-state index is 0.0884. The van der Waals surface area contributed by atoms with Gasteiger partial charge in [0.1, 0.15) is 5.82 Å². The number of carbonyl (C=O) groups excluding carboxylic acids is 1. The van der Waals surface area contributed by atoms with E-state index in [9.17, 15) is 22.0 Å². The summed E-state index contributed by atoms with van der Waals surface area (Å²) in [6.45, 7) is 0.954. The highest BCUT2D eigenvalue weighted by Crippen LogP contribution is 2.32. The van der Waals surface area contributed by atoms with Crippen molar-refractivity contribution in [2.45, 2.75) is 36.2 Å². The molecule has 0 aliphatic carbocycles. The second-order valence-electron chi connectivity index (χ2n) is 6.33. The Kier molecular flexibility index (Phi) is 4.61. The number of nitrogens with zero attached hydrogens (tertiary/aromatic N) is 2. The van der Waals surface area contributed by atoms with E-state index in [1.165, 1.54) is 17.0 Å². The van der Waals surface area contributed by atoms with Crippen molar-refractivity contribution >= 4 is 15.9 Å². The third-order valence-electron chi connectivity index (χ3n) is 4.73. The lowest BCUT2D eigenvalue weighted by Gasteiger charge is -2.36. The second kappa shape index (κ2) is 6.40. The minimum atomic E-state index is -3.88. The van der Waals surface area contributed by atoms with Gasteiger partial charge in [-0.3, -0.25) is 4.79 Å². The van der Waals surface area contributed by atoms with E-state index in [1.54, 1.807) is 0 Å². The Hall–Kier alpha value is -1.54. The summed E-state index contributed by atoms with van der Waals surface area (Å²) in [4.78, 5) is 13.7. The number of alkyl halides is 1. The molecule has 8 heteroatoms. The Morgan fingerprint density at radius 3 is 2.29 bits per heavy atom. The van der Waals surface area contributed by atoms with Gasteiger partial charge in [0.2, 0.25) is 10.0 Å². The zero-order valence-electron chi connectivity index (χ0n) is 13.2. The van der Waals surface area contributed by atoms with Crippen LogP contribution in [0.3, 0.4) is 0 Å². The molecular weight excluding hydrogens is 338 g/mol. The molecule has 1 amide bonds. The number of halogens is 2. The number of amides is 1. The van der Waals surface area contributed by atoms with Gasteiger partial charge in [-0.05, 0) is 31.0 Å². The van der Waals surface area contributed by atoms with Gasteiger partial charge in [-0.2, -0.15) is 4.31 Å². The molecule has 0 bridgehead atoms. The van der Waals surface area contributed by atoms with Crippen LogP contribution < -0.4 is 0 Å². The topological polar surface area (TPSA) is 57.7 Å². The summed E-state index contributed by atoms with van der Waals surface area (Å²) in [5.41, 5.74) is -2.00. The molecule has 1 aromatic rings. The van der Waals surface area contributed by atoms with E-state index in [0.717, 1.165) is 29.3 Å². The van der Waals surface area contributed by atoms with E-state index in [-0.39, 0.29) is 30.8 Å². The minimum Gasteiger partial charge on any atom is -0.340 e. The summed E-state index contributed by atoms with van der Waals surface area (Å²) in [6, 6.07) is 4.74. The van der Waals surface area contributed by atoms with Crippen LogP contribution in [-0.4, -0.2) is 55.4 Å². The number of rotatable bonds is 3. The summed E-state index contributed by atoms with van der Waals surface area (Å²) < 4.78 is 54.4. The monoisotopic (exact) mass is 358 g/mol. The maximum absolute atomic E-state index is 15.0. The lowest BCUT2D eigenvalue weighted by molar-refractivity contribution is -0.145. The Balaban J connectivity index is 1.71. The molecule has 0 saturated carbocycles. The quantitative estimate of drug-likeness (QED) is 0.830. The van der Waals surface area contributed by atoms with Crippen LogP contribution in [0.25, 0.3) is 0 Å². The van der Waals surface area contributed by atoms with Crippen LogP contribution in [0.1, 0.15) is 25.7 Å². The predicted octanol–water partition coefficient (Wildman–Crippen LogP) is 1.94. The normalized spacial score (nSPS) is 21.8. The average molecular weight is 358 g/mol. The van der Waals surface area contributed by atoms with E-state index in [4.69, 9.17) is 0 Å². The van der Waals surface area contributed by atoms with Crippen LogP contribution in [0.2, 0.25) is 0 Å². The molecule has 2 aliphatic heterocycles. The molecule has 24 heavy (non-hydrogen) atoms. The van der Waals surface area contributed by atoms with Crippen molar-refractivity contribution in [3.05, 3.63) is 30.1 Å². The highest BCUT2D eigenvalue weighted by atomic mass is 32.2. The first-order valence-corrected chi connectivity index (χ1v) is 9.51. The van der Waals surface area contributed by atoms with Crippen LogP contribution >= 0.6 is 0 Å². The van der Waals surface area contributed by atoms with Gasteiger partial charge in [-0.25, -0.2) is 17.2 Å². The van der Waals surface area contributed by atoms with Crippen molar-refractivity contribution in [2.75, 3.05) is 26.2 Å². The molecule has 0 radical (unpaired) electrons. The van der Waals surface area contributed by atoms with E-state index in [0.29, 0.717) is 13.1 Å². The smallest absolute Gasteiger partial charge is 0.260 e. The Morgan fingerprint density at radius 2 is 1.71 bits per heavy atom. The van der Waals surface area contributed by atoms with Crippen molar-refractivity contribution in [3.63, 3.8) is 0 Å². The van der Waals surface area contributed by atoms with Crippen molar-refractivity contribution in [1.82, 2.24) is 9.21 Å². The van der Waals surface area contributed by atoms with Crippen LogP contribution in [0.15, 0.2) is 29.2 Å². The fourth-order valence-corrected chi connectivity index (χ4v) is 4.75.